The Morgan fingerprint density at radius 2 is 1.71 bits per heavy atom. The zero-order valence-corrected chi connectivity index (χ0v) is 14.1. The maximum absolute atomic E-state index is 12.1. The molecular weight excluding hydrogens is 318 g/mol. The lowest BCUT2D eigenvalue weighted by Crippen LogP contribution is -2.45. The van der Waals surface area contributed by atoms with Crippen LogP contribution in [0, 0.1) is 10.1 Å². The van der Waals surface area contributed by atoms with Crippen molar-refractivity contribution in [3.63, 3.8) is 0 Å². The minimum atomic E-state index is -0.933. The van der Waals surface area contributed by atoms with Crippen molar-refractivity contribution in [2.24, 2.45) is 0 Å². The van der Waals surface area contributed by atoms with Crippen LogP contribution >= 0.6 is 0 Å². The molecule has 1 aromatic carbocycles. The van der Waals surface area contributed by atoms with Gasteiger partial charge in [-0.25, -0.2) is 4.79 Å². The SMILES string of the molecule is COc1cc(C2NC(=O)N(C)C(C)=C2[N+](=O)[O-])cc(OC)c1OC. The fraction of sp³-hybridized carbons (Fsp3) is 0.400. The Balaban J connectivity index is 2.65. The van der Waals surface area contributed by atoms with Gasteiger partial charge in [-0.3, -0.25) is 15.0 Å². The molecule has 1 aliphatic rings. The summed E-state index contributed by atoms with van der Waals surface area (Å²) in [6, 6.07) is 1.79. The number of amides is 2. The molecule has 9 heteroatoms. The van der Waals surface area contributed by atoms with Crippen LogP contribution in [0.5, 0.6) is 17.2 Å². The summed E-state index contributed by atoms with van der Waals surface area (Å²) in [5.74, 6) is 1.06. The van der Waals surface area contributed by atoms with Gasteiger partial charge in [-0.1, -0.05) is 0 Å². The third kappa shape index (κ3) is 2.80. The Morgan fingerprint density at radius 3 is 2.12 bits per heavy atom. The van der Waals surface area contributed by atoms with Gasteiger partial charge in [0.25, 0.3) is 5.70 Å². The first-order valence-electron chi connectivity index (χ1n) is 7.05. The summed E-state index contributed by atoms with van der Waals surface area (Å²) in [5.41, 5.74) is 0.603. The second kappa shape index (κ2) is 6.65. The molecule has 0 radical (unpaired) electrons. The lowest BCUT2D eigenvalue weighted by Gasteiger charge is -2.29. The molecule has 24 heavy (non-hydrogen) atoms. The maximum Gasteiger partial charge on any atom is 0.322 e. The predicted molar refractivity (Wildman–Crippen MR) is 84.8 cm³/mol. The zero-order valence-electron chi connectivity index (χ0n) is 14.1. The molecule has 1 unspecified atom stereocenters. The van der Waals surface area contributed by atoms with Crippen LogP contribution in [0.1, 0.15) is 18.5 Å². The number of rotatable bonds is 5. The standard InChI is InChI=1S/C15H19N3O6/c1-8-13(18(20)21)12(16-15(19)17(8)2)9-6-10(22-3)14(24-5)11(7-9)23-4/h6-7,12H,1-5H3,(H,16,19). The number of urea groups is 1. The normalized spacial score (nSPS) is 17.5. The minimum Gasteiger partial charge on any atom is -0.493 e. The molecule has 1 aromatic rings. The highest BCUT2D eigenvalue weighted by atomic mass is 16.6. The average Bonchev–Trinajstić information content (AvgIpc) is 2.57. The van der Waals surface area contributed by atoms with E-state index < -0.39 is 17.0 Å². The molecule has 2 amide bonds. The van der Waals surface area contributed by atoms with E-state index in [-0.39, 0.29) is 11.4 Å². The highest BCUT2D eigenvalue weighted by Crippen LogP contribution is 2.41. The Morgan fingerprint density at radius 1 is 1.17 bits per heavy atom. The molecule has 0 saturated carbocycles. The number of nitrogens with one attached hydrogen (secondary N) is 1. The number of benzene rings is 1. The molecule has 0 spiro atoms. The molecule has 0 aliphatic carbocycles. The lowest BCUT2D eigenvalue weighted by molar-refractivity contribution is -0.433. The average molecular weight is 337 g/mol. The van der Waals surface area contributed by atoms with Gasteiger partial charge in [0.2, 0.25) is 5.75 Å². The van der Waals surface area contributed by atoms with Gasteiger partial charge in [0.1, 0.15) is 6.04 Å². The smallest absolute Gasteiger partial charge is 0.322 e. The number of carbonyl (C=O) groups is 1. The summed E-state index contributed by atoms with van der Waals surface area (Å²) < 4.78 is 15.8. The summed E-state index contributed by atoms with van der Waals surface area (Å²) >= 11 is 0. The molecule has 0 fully saturated rings. The van der Waals surface area contributed by atoms with Crippen LogP contribution in [-0.2, 0) is 0 Å². The fourth-order valence-corrected chi connectivity index (χ4v) is 2.57. The zero-order chi connectivity index (χ0) is 18.0. The van der Waals surface area contributed by atoms with Gasteiger partial charge in [-0.2, -0.15) is 0 Å². The summed E-state index contributed by atoms with van der Waals surface area (Å²) in [5, 5.41) is 14.1. The number of nitrogens with zero attached hydrogens (tertiary/aromatic N) is 2. The Kier molecular flexibility index (Phi) is 4.82. The molecule has 130 valence electrons. The molecular formula is C15H19N3O6. The van der Waals surface area contributed by atoms with E-state index in [1.54, 1.807) is 12.1 Å². The van der Waals surface area contributed by atoms with Crippen molar-refractivity contribution in [3.8, 4) is 17.2 Å². The van der Waals surface area contributed by atoms with Gasteiger partial charge in [-0.15, -0.1) is 0 Å². The number of hydrogen-bond acceptors (Lipinski definition) is 6. The first-order chi connectivity index (χ1) is 11.3. The molecule has 0 aromatic heterocycles. The van der Waals surface area contributed by atoms with Crippen molar-refractivity contribution in [2.45, 2.75) is 13.0 Å². The van der Waals surface area contributed by atoms with E-state index in [2.05, 4.69) is 5.32 Å². The van der Waals surface area contributed by atoms with Gasteiger partial charge in [0.05, 0.1) is 31.9 Å². The predicted octanol–water partition coefficient (Wildman–Crippen LogP) is 1.92. The van der Waals surface area contributed by atoms with Crippen LogP contribution in [-0.4, -0.2) is 44.2 Å². The Labute approximate surface area is 138 Å². The van der Waals surface area contributed by atoms with E-state index in [0.717, 1.165) is 0 Å². The van der Waals surface area contributed by atoms with Crippen LogP contribution in [0.3, 0.4) is 0 Å². The van der Waals surface area contributed by atoms with Gasteiger partial charge >= 0.3 is 6.03 Å². The molecule has 1 N–H and O–H groups in total. The summed E-state index contributed by atoms with van der Waals surface area (Å²) in [4.78, 5) is 24.3. The van der Waals surface area contributed by atoms with Crippen molar-refractivity contribution >= 4 is 6.03 Å². The Hall–Kier alpha value is -2.97. The maximum atomic E-state index is 12.1. The number of nitro groups is 1. The van der Waals surface area contributed by atoms with E-state index in [1.807, 2.05) is 0 Å². The fourth-order valence-electron chi connectivity index (χ4n) is 2.57. The van der Waals surface area contributed by atoms with Crippen molar-refractivity contribution in [2.75, 3.05) is 28.4 Å². The Bertz CT molecular complexity index is 690. The quantitative estimate of drug-likeness (QED) is 0.650. The van der Waals surface area contributed by atoms with E-state index in [4.69, 9.17) is 14.2 Å². The highest BCUT2D eigenvalue weighted by molar-refractivity contribution is 5.78. The van der Waals surface area contributed by atoms with Gasteiger partial charge in [0, 0.05) is 7.05 Å². The van der Waals surface area contributed by atoms with Gasteiger partial charge < -0.3 is 19.5 Å². The van der Waals surface area contributed by atoms with Crippen molar-refractivity contribution in [1.29, 1.82) is 0 Å². The summed E-state index contributed by atoms with van der Waals surface area (Å²) in [7, 11) is 5.83. The van der Waals surface area contributed by atoms with Crippen LogP contribution in [0.25, 0.3) is 0 Å². The molecule has 2 rings (SSSR count). The second-order valence-electron chi connectivity index (χ2n) is 5.13. The van der Waals surface area contributed by atoms with Crippen LogP contribution in [0.15, 0.2) is 23.5 Å². The molecule has 1 atom stereocenters. The first-order valence-corrected chi connectivity index (χ1v) is 7.05. The minimum absolute atomic E-state index is 0.119. The topological polar surface area (TPSA) is 103 Å². The second-order valence-corrected chi connectivity index (χ2v) is 5.13. The number of carbonyl (C=O) groups excluding carboxylic acids is 1. The van der Waals surface area contributed by atoms with E-state index >= 15 is 0 Å². The molecule has 0 saturated heterocycles. The van der Waals surface area contributed by atoms with E-state index in [9.17, 15) is 14.9 Å². The highest BCUT2D eigenvalue weighted by Gasteiger charge is 2.39. The molecule has 0 bridgehead atoms. The largest absolute Gasteiger partial charge is 0.493 e. The monoisotopic (exact) mass is 337 g/mol. The first kappa shape index (κ1) is 17.4. The molecule has 1 aliphatic heterocycles. The summed E-state index contributed by atoms with van der Waals surface area (Å²) in [6.07, 6.45) is 0. The molecule has 1 heterocycles. The number of hydrogen-bond donors (Lipinski definition) is 1. The number of ether oxygens (including phenoxy) is 3. The van der Waals surface area contributed by atoms with Crippen molar-refractivity contribution in [1.82, 2.24) is 10.2 Å². The summed E-state index contributed by atoms with van der Waals surface area (Å²) in [6.45, 7) is 1.53. The lowest BCUT2D eigenvalue weighted by atomic mass is 9.99. The van der Waals surface area contributed by atoms with E-state index in [1.165, 1.54) is 40.2 Å². The van der Waals surface area contributed by atoms with Crippen LogP contribution in [0.2, 0.25) is 0 Å². The number of methoxy groups -OCH3 is 3. The van der Waals surface area contributed by atoms with Gasteiger partial charge in [-0.05, 0) is 24.6 Å². The van der Waals surface area contributed by atoms with Crippen molar-refractivity contribution in [3.05, 3.63) is 39.2 Å². The molecule has 9 nitrogen and oxygen atoms in total. The van der Waals surface area contributed by atoms with Gasteiger partial charge in [0.15, 0.2) is 11.5 Å². The van der Waals surface area contributed by atoms with E-state index in [0.29, 0.717) is 22.8 Å². The van der Waals surface area contributed by atoms with Crippen molar-refractivity contribution < 1.29 is 23.9 Å². The third-order valence-corrected chi connectivity index (χ3v) is 3.94. The van der Waals surface area contributed by atoms with Crippen LogP contribution < -0.4 is 19.5 Å². The third-order valence-electron chi connectivity index (χ3n) is 3.94. The van der Waals surface area contributed by atoms with Crippen LogP contribution in [0.4, 0.5) is 4.79 Å². The number of allylic oxidation sites excluding steroid dienone is 1.